The predicted molar refractivity (Wildman–Crippen MR) is 61.8 cm³/mol. The predicted octanol–water partition coefficient (Wildman–Crippen LogP) is 2.66. The summed E-state index contributed by atoms with van der Waals surface area (Å²) >= 11 is 0. The fourth-order valence-corrected chi connectivity index (χ4v) is 2.03. The van der Waals surface area contributed by atoms with E-state index in [2.05, 4.69) is 12.2 Å². The average molecular weight is 223 g/mol. The van der Waals surface area contributed by atoms with Gasteiger partial charge in [0.2, 0.25) is 0 Å². The number of benzene rings is 1. The lowest BCUT2D eigenvalue weighted by molar-refractivity contribution is 0.0663. The molecule has 2 rings (SSSR count). The minimum Gasteiger partial charge on any atom is -0.372 e. The monoisotopic (exact) mass is 223 g/mol. The molecule has 2 unspecified atom stereocenters. The van der Waals surface area contributed by atoms with Gasteiger partial charge in [-0.3, -0.25) is 0 Å². The molecule has 0 bridgehead atoms. The molecule has 1 fully saturated rings. The van der Waals surface area contributed by atoms with Crippen LogP contribution in [0.3, 0.4) is 0 Å². The van der Waals surface area contributed by atoms with E-state index in [0.29, 0.717) is 6.04 Å². The summed E-state index contributed by atoms with van der Waals surface area (Å²) in [4.78, 5) is 0. The van der Waals surface area contributed by atoms with Crippen LogP contribution in [0.1, 0.15) is 31.4 Å². The Morgan fingerprint density at radius 2 is 2.12 bits per heavy atom. The Labute approximate surface area is 95.8 Å². The molecular formula is C13H18FNO. The molecule has 3 heteroatoms. The summed E-state index contributed by atoms with van der Waals surface area (Å²) in [5, 5.41) is 3.48. The lowest BCUT2D eigenvalue weighted by Crippen LogP contribution is -2.29. The highest BCUT2D eigenvalue weighted by Gasteiger charge is 2.18. The first-order valence-electron chi connectivity index (χ1n) is 5.90. The second kappa shape index (κ2) is 5.41. The number of ether oxygens (including phenoxy) is 1. The molecule has 0 saturated carbocycles. The van der Waals surface area contributed by atoms with Gasteiger partial charge in [-0.15, -0.1) is 0 Å². The van der Waals surface area contributed by atoms with Gasteiger partial charge in [-0.1, -0.05) is 19.1 Å². The number of nitrogens with one attached hydrogen (secondary N) is 1. The van der Waals surface area contributed by atoms with Crippen molar-refractivity contribution < 1.29 is 9.13 Å². The van der Waals surface area contributed by atoms with Crippen LogP contribution in [0.4, 0.5) is 4.39 Å². The van der Waals surface area contributed by atoms with E-state index in [1.54, 1.807) is 12.1 Å². The summed E-state index contributed by atoms with van der Waals surface area (Å²) in [7, 11) is 0. The quantitative estimate of drug-likeness (QED) is 0.832. The standard InChI is InChI=1S/C13H18FNO/c1-2-12-7-8-16-13(9-15-12)10-3-5-11(14)6-4-10/h3-6,12-13,15H,2,7-9H2,1H3. The Morgan fingerprint density at radius 3 is 2.81 bits per heavy atom. The normalized spacial score (nSPS) is 26.4. The third-order valence-corrected chi connectivity index (χ3v) is 3.11. The van der Waals surface area contributed by atoms with Gasteiger partial charge in [-0.2, -0.15) is 0 Å². The van der Waals surface area contributed by atoms with Gasteiger partial charge in [-0.05, 0) is 30.5 Å². The minimum atomic E-state index is -0.197. The van der Waals surface area contributed by atoms with Crippen molar-refractivity contribution in [1.29, 1.82) is 0 Å². The molecule has 0 radical (unpaired) electrons. The molecule has 0 aromatic heterocycles. The fraction of sp³-hybridized carbons (Fsp3) is 0.538. The first kappa shape index (κ1) is 11.6. The van der Waals surface area contributed by atoms with E-state index in [9.17, 15) is 4.39 Å². The highest BCUT2D eigenvalue weighted by atomic mass is 19.1. The third kappa shape index (κ3) is 2.80. The van der Waals surface area contributed by atoms with Crippen molar-refractivity contribution in [2.45, 2.75) is 31.9 Å². The number of halogens is 1. The molecule has 88 valence electrons. The van der Waals surface area contributed by atoms with E-state index in [4.69, 9.17) is 4.74 Å². The molecule has 0 aliphatic carbocycles. The SMILES string of the molecule is CCC1CCOC(c2ccc(F)cc2)CN1. The molecule has 1 heterocycles. The Balaban J connectivity index is 2.02. The maximum absolute atomic E-state index is 12.8. The maximum atomic E-state index is 12.8. The lowest BCUT2D eigenvalue weighted by atomic mass is 10.1. The molecular weight excluding hydrogens is 205 g/mol. The minimum absolute atomic E-state index is 0.0529. The molecule has 1 aromatic carbocycles. The van der Waals surface area contributed by atoms with E-state index in [0.717, 1.165) is 31.6 Å². The summed E-state index contributed by atoms with van der Waals surface area (Å²) in [6.45, 7) is 3.76. The van der Waals surface area contributed by atoms with Gasteiger partial charge in [0, 0.05) is 19.2 Å². The van der Waals surface area contributed by atoms with Gasteiger partial charge in [0.15, 0.2) is 0 Å². The van der Waals surface area contributed by atoms with Crippen molar-refractivity contribution in [2.75, 3.05) is 13.2 Å². The van der Waals surface area contributed by atoms with Gasteiger partial charge in [-0.25, -0.2) is 4.39 Å². The van der Waals surface area contributed by atoms with E-state index in [-0.39, 0.29) is 11.9 Å². The molecule has 1 aliphatic heterocycles. The van der Waals surface area contributed by atoms with E-state index in [1.807, 2.05) is 0 Å². The summed E-state index contributed by atoms with van der Waals surface area (Å²) in [5.41, 5.74) is 1.05. The zero-order valence-corrected chi connectivity index (χ0v) is 9.58. The van der Waals surface area contributed by atoms with Crippen molar-refractivity contribution in [3.63, 3.8) is 0 Å². The van der Waals surface area contributed by atoms with Gasteiger partial charge in [0.1, 0.15) is 5.82 Å². The van der Waals surface area contributed by atoms with Crippen LogP contribution in [0.2, 0.25) is 0 Å². The van der Waals surface area contributed by atoms with Gasteiger partial charge in [0.05, 0.1) is 6.10 Å². The Hall–Kier alpha value is -0.930. The first-order valence-corrected chi connectivity index (χ1v) is 5.90. The van der Waals surface area contributed by atoms with Crippen LogP contribution in [0.5, 0.6) is 0 Å². The van der Waals surface area contributed by atoms with Gasteiger partial charge >= 0.3 is 0 Å². The zero-order valence-electron chi connectivity index (χ0n) is 9.58. The molecule has 2 atom stereocenters. The first-order chi connectivity index (χ1) is 7.79. The second-order valence-corrected chi connectivity index (χ2v) is 4.21. The van der Waals surface area contributed by atoms with Crippen molar-refractivity contribution >= 4 is 0 Å². The van der Waals surface area contributed by atoms with Crippen LogP contribution >= 0.6 is 0 Å². The van der Waals surface area contributed by atoms with Crippen LogP contribution in [-0.4, -0.2) is 19.2 Å². The number of rotatable bonds is 2. The summed E-state index contributed by atoms with van der Waals surface area (Å²) in [6, 6.07) is 7.12. The zero-order chi connectivity index (χ0) is 11.4. The van der Waals surface area contributed by atoms with E-state index >= 15 is 0 Å². The average Bonchev–Trinajstić information content (AvgIpc) is 2.55. The molecule has 1 N–H and O–H groups in total. The van der Waals surface area contributed by atoms with Gasteiger partial charge in [0.25, 0.3) is 0 Å². The van der Waals surface area contributed by atoms with Crippen LogP contribution in [0, 0.1) is 5.82 Å². The summed E-state index contributed by atoms with van der Waals surface area (Å²) in [5.74, 6) is -0.197. The third-order valence-electron chi connectivity index (χ3n) is 3.11. The Bertz CT molecular complexity index is 325. The van der Waals surface area contributed by atoms with Crippen LogP contribution in [0.15, 0.2) is 24.3 Å². The Kier molecular flexibility index (Phi) is 3.91. The smallest absolute Gasteiger partial charge is 0.123 e. The molecule has 16 heavy (non-hydrogen) atoms. The topological polar surface area (TPSA) is 21.3 Å². The molecule has 0 spiro atoms. The van der Waals surface area contributed by atoms with E-state index < -0.39 is 0 Å². The molecule has 1 aromatic rings. The van der Waals surface area contributed by atoms with Gasteiger partial charge < -0.3 is 10.1 Å². The second-order valence-electron chi connectivity index (χ2n) is 4.21. The van der Waals surface area contributed by atoms with Crippen molar-refractivity contribution in [2.24, 2.45) is 0 Å². The Morgan fingerprint density at radius 1 is 1.38 bits per heavy atom. The van der Waals surface area contributed by atoms with E-state index in [1.165, 1.54) is 12.1 Å². The molecule has 0 amide bonds. The van der Waals surface area contributed by atoms with Crippen molar-refractivity contribution in [1.82, 2.24) is 5.32 Å². The van der Waals surface area contributed by atoms with Crippen LogP contribution in [0.25, 0.3) is 0 Å². The number of hydrogen-bond donors (Lipinski definition) is 1. The molecule has 1 aliphatic rings. The van der Waals surface area contributed by atoms with Crippen molar-refractivity contribution in [3.05, 3.63) is 35.6 Å². The fourth-order valence-electron chi connectivity index (χ4n) is 2.03. The number of hydrogen-bond acceptors (Lipinski definition) is 2. The highest BCUT2D eigenvalue weighted by Crippen LogP contribution is 2.20. The van der Waals surface area contributed by atoms with Crippen LogP contribution in [-0.2, 0) is 4.74 Å². The van der Waals surface area contributed by atoms with Crippen LogP contribution < -0.4 is 5.32 Å². The maximum Gasteiger partial charge on any atom is 0.123 e. The largest absolute Gasteiger partial charge is 0.372 e. The summed E-state index contributed by atoms with van der Waals surface area (Å²) < 4.78 is 18.6. The lowest BCUT2D eigenvalue weighted by Gasteiger charge is -2.16. The summed E-state index contributed by atoms with van der Waals surface area (Å²) in [6.07, 6.45) is 2.23. The van der Waals surface area contributed by atoms with Crippen molar-refractivity contribution in [3.8, 4) is 0 Å². The molecule has 2 nitrogen and oxygen atoms in total. The highest BCUT2D eigenvalue weighted by molar-refractivity contribution is 5.19. The molecule has 1 saturated heterocycles.